The number of imidazole rings is 1. The van der Waals surface area contributed by atoms with Crippen LogP contribution in [0.2, 0.25) is 0 Å². The van der Waals surface area contributed by atoms with E-state index in [0.717, 1.165) is 28.4 Å². The third-order valence-corrected chi connectivity index (χ3v) is 6.38. The van der Waals surface area contributed by atoms with Gasteiger partial charge in [0.05, 0.1) is 19.9 Å². The lowest BCUT2D eigenvalue weighted by atomic mass is 9.86. The summed E-state index contributed by atoms with van der Waals surface area (Å²) in [4.78, 5) is 4.90. The van der Waals surface area contributed by atoms with Gasteiger partial charge >= 0.3 is 0 Å². The number of hydrogen-bond acceptors (Lipinski definition) is 4. The Morgan fingerprint density at radius 1 is 1.00 bits per heavy atom. The standard InChI is InChI=1S/C23H27N3O2/c1-14-8-17(16-9-18-5-6-19(10-16)24-18)12-26-13-20(25-23(14)26)15-4-7-21(27-2)22(11-15)28-3/h4,7-8,11-13,16,18-19,24H,5-6,9-10H2,1-3H3. The third kappa shape index (κ3) is 2.94. The van der Waals surface area contributed by atoms with Gasteiger partial charge in [-0.15, -0.1) is 0 Å². The first-order valence-electron chi connectivity index (χ1n) is 10.1. The molecule has 4 heterocycles. The summed E-state index contributed by atoms with van der Waals surface area (Å²) in [5.41, 5.74) is 5.68. The molecule has 2 aliphatic heterocycles. The molecule has 2 aromatic heterocycles. The Morgan fingerprint density at radius 3 is 2.46 bits per heavy atom. The highest BCUT2D eigenvalue weighted by Gasteiger charge is 2.34. The number of ether oxygens (including phenoxy) is 2. The number of hydrogen-bond donors (Lipinski definition) is 1. The minimum absolute atomic E-state index is 0.647. The van der Waals surface area contributed by atoms with E-state index in [1.807, 2.05) is 18.2 Å². The van der Waals surface area contributed by atoms with Gasteiger partial charge in [-0.05, 0) is 67.9 Å². The summed E-state index contributed by atoms with van der Waals surface area (Å²) in [6.07, 6.45) is 9.57. The molecule has 5 rings (SSSR count). The number of nitrogens with zero attached hydrogens (tertiary/aromatic N) is 2. The first-order chi connectivity index (χ1) is 13.6. The van der Waals surface area contributed by atoms with Crippen molar-refractivity contribution in [1.82, 2.24) is 14.7 Å². The molecule has 2 atom stereocenters. The molecule has 0 amide bonds. The highest BCUT2D eigenvalue weighted by molar-refractivity contribution is 5.67. The van der Waals surface area contributed by atoms with E-state index in [1.165, 1.54) is 36.8 Å². The number of piperidine rings is 1. The average Bonchev–Trinajstić information content (AvgIpc) is 3.30. The van der Waals surface area contributed by atoms with Gasteiger partial charge in [0.25, 0.3) is 0 Å². The van der Waals surface area contributed by atoms with Gasteiger partial charge in [0, 0.05) is 30.0 Å². The summed E-state index contributed by atoms with van der Waals surface area (Å²) < 4.78 is 13.0. The Bertz CT molecular complexity index is 1010. The number of rotatable bonds is 4. The molecule has 0 aliphatic carbocycles. The monoisotopic (exact) mass is 377 g/mol. The van der Waals surface area contributed by atoms with Gasteiger partial charge in [0.2, 0.25) is 0 Å². The summed E-state index contributed by atoms with van der Waals surface area (Å²) in [5.74, 6) is 2.10. The normalized spacial score (nSPS) is 23.9. The molecule has 0 radical (unpaired) electrons. The van der Waals surface area contributed by atoms with Crippen molar-refractivity contribution in [2.75, 3.05) is 14.2 Å². The van der Waals surface area contributed by atoms with Gasteiger partial charge in [0.15, 0.2) is 11.5 Å². The van der Waals surface area contributed by atoms with Crippen LogP contribution in [-0.4, -0.2) is 35.7 Å². The molecular weight excluding hydrogens is 350 g/mol. The van der Waals surface area contributed by atoms with Crippen LogP contribution in [0.15, 0.2) is 36.7 Å². The van der Waals surface area contributed by atoms with Crippen molar-refractivity contribution >= 4 is 5.65 Å². The molecule has 2 bridgehead atoms. The summed E-state index contributed by atoms with van der Waals surface area (Å²) in [6, 6.07) is 9.69. The van der Waals surface area contributed by atoms with Gasteiger partial charge in [-0.1, -0.05) is 6.07 Å². The van der Waals surface area contributed by atoms with Crippen molar-refractivity contribution in [3.63, 3.8) is 0 Å². The Morgan fingerprint density at radius 2 is 1.75 bits per heavy atom. The maximum absolute atomic E-state index is 5.46. The molecule has 0 spiro atoms. The fourth-order valence-electron chi connectivity index (χ4n) is 4.98. The van der Waals surface area contributed by atoms with Crippen molar-refractivity contribution in [3.8, 4) is 22.8 Å². The maximum Gasteiger partial charge on any atom is 0.161 e. The summed E-state index contributed by atoms with van der Waals surface area (Å²) >= 11 is 0. The molecule has 1 N–H and O–H groups in total. The van der Waals surface area contributed by atoms with E-state index in [4.69, 9.17) is 14.5 Å². The number of aryl methyl sites for hydroxylation is 1. The SMILES string of the molecule is COc1ccc(-c2cn3cc(C4CC5CCC(C4)N5)cc(C)c3n2)cc1OC. The largest absolute Gasteiger partial charge is 0.493 e. The van der Waals surface area contributed by atoms with Gasteiger partial charge < -0.3 is 19.2 Å². The molecule has 3 aromatic rings. The van der Waals surface area contributed by atoms with Gasteiger partial charge in [-0.25, -0.2) is 4.98 Å². The van der Waals surface area contributed by atoms with Crippen LogP contribution in [0.3, 0.4) is 0 Å². The van der Waals surface area contributed by atoms with Crippen molar-refractivity contribution in [2.45, 2.75) is 50.6 Å². The van der Waals surface area contributed by atoms with Gasteiger partial charge in [-0.3, -0.25) is 0 Å². The van der Waals surface area contributed by atoms with Crippen LogP contribution in [0.5, 0.6) is 11.5 Å². The van der Waals surface area contributed by atoms with E-state index in [9.17, 15) is 0 Å². The highest BCUT2D eigenvalue weighted by Crippen LogP contribution is 2.38. The van der Waals surface area contributed by atoms with Crippen LogP contribution >= 0.6 is 0 Å². The average molecular weight is 377 g/mol. The molecule has 28 heavy (non-hydrogen) atoms. The Hall–Kier alpha value is -2.53. The zero-order chi connectivity index (χ0) is 19.3. The number of nitrogens with one attached hydrogen (secondary N) is 1. The molecule has 0 saturated carbocycles. The molecule has 2 unspecified atom stereocenters. The number of fused-ring (bicyclic) bond motifs is 3. The highest BCUT2D eigenvalue weighted by atomic mass is 16.5. The van der Waals surface area contributed by atoms with Crippen LogP contribution in [-0.2, 0) is 0 Å². The molecule has 1 aromatic carbocycles. The lowest BCUT2D eigenvalue weighted by Crippen LogP contribution is -2.37. The smallest absolute Gasteiger partial charge is 0.161 e. The summed E-state index contributed by atoms with van der Waals surface area (Å²) in [5, 5.41) is 3.75. The Balaban J connectivity index is 1.52. The van der Waals surface area contributed by atoms with Crippen molar-refractivity contribution in [3.05, 3.63) is 47.8 Å². The first-order valence-corrected chi connectivity index (χ1v) is 10.1. The molecule has 146 valence electrons. The second-order valence-corrected chi connectivity index (χ2v) is 8.19. The Kier molecular flexibility index (Phi) is 4.27. The first kappa shape index (κ1) is 17.6. The van der Waals surface area contributed by atoms with E-state index >= 15 is 0 Å². The van der Waals surface area contributed by atoms with Crippen LogP contribution in [0.4, 0.5) is 0 Å². The van der Waals surface area contributed by atoms with Crippen molar-refractivity contribution in [2.24, 2.45) is 0 Å². The number of aromatic nitrogens is 2. The van der Waals surface area contributed by atoms with Crippen LogP contribution in [0.1, 0.15) is 42.7 Å². The predicted molar refractivity (Wildman–Crippen MR) is 110 cm³/mol. The lowest BCUT2D eigenvalue weighted by molar-refractivity contribution is 0.355. The number of pyridine rings is 1. The predicted octanol–water partition coefficient (Wildman–Crippen LogP) is 4.32. The second-order valence-electron chi connectivity index (χ2n) is 8.19. The molecule has 5 nitrogen and oxygen atoms in total. The fourth-order valence-corrected chi connectivity index (χ4v) is 4.98. The molecule has 2 fully saturated rings. The quantitative estimate of drug-likeness (QED) is 0.735. The minimum atomic E-state index is 0.647. The third-order valence-electron chi connectivity index (χ3n) is 6.38. The topological polar surface area (TPSA) is 47.8 Å². The van der Waals surface area contributed by atoms with E-state index in [-0.39, 0.29) is 0 Å². The fraction of sp³-hybridized carbons (Fsp3) is 0.435. The molecule has 2 saturated heterocycles. The number of methoxy groups -OCH3 is 2. The van der Waals surface area contributed by atoms with E-state index in [2.05, 4.69) is 35.1 Å². The van der Waals surface area contributed by atoms with Crippen LogP contribution in [0, 0.1) is 6.92 Å². The minimum Gasteiger partial charge on any atom is -0.493 e. The van der Waals surface area contributed by atoms with E-state index < -0.39 is 0 Å². The summed E-state index contributed by atoms with van der Waals surface area (Å²) in [6.45, 7) is 2.17. The van der Waals surface area contributed by atoms with Gasteiger partial charge in [0.1, 0.15) is 5.65 Å². The van der Waals surface area contributed by atoms with Crippen LogP contribution in [0.25, 0.3) is 16.9 Å². The zero-order valence-electron chi connectivity index (χ0n) is 16.7. The lowest BCUT2D eigenvalue weighted by Gasteiger charge is -2.29. The van der Waals surface area contributed by atoms with E-state index in [0.29, 0.717) is 18.0 Å². The van der Waals surface area contributed by atoms with E-state index in [1.54, 1.807) is 14.2 Å². The molecule has 5 heteroatoms. The van der Waals surface area contributed by atoms with Crippen LogP contribution < -0.4 is 14.8 Å². The van der Waals surface area contributed by atoms with Crippen molar-refractivity contribution < 1.29 is 9.47 Å². The second kappa shape index (κ2) is 6.82. The zero-order valence-corrected chi connectivity index (χ0v) is 16.7. The molecule has 2 aliphatic rings. The van der Waals surface area contributed by atoms with Crippen molar-refractivity contribution in [1.29, 1.82) is 0 Å². The Labute approximate surface area is 165 Å². The van der Waals surface area contributed by atoms with Gasteiger partial charge in [-0.2, -0.15) is 0 Å². The maximum atomic E-state index is 5.46. The summed E-state index contributed by atoms with van der Waals surface area (Å²) in [7, 11) is 3.31. The molecular formula is C23H27N3O2. The number of benzene rings is 1.